The summed E-state index contributed by atoms with van der Waals surface area (Å²) in [7, 11) is 0. The van der Waals surface area contributed by atoms with Gasteiger partial charge in [-0.15, -0.1) is 21.5 Å². The van der Waals surface area contributed by atoms with E-state index >= 15 is 0 Å². The number of aromatic nitrogens is 3. The van der Waals surface area contributed by atoms with Crippen LogP contribution in [-0.4, -0.2) is 32.8 Å². The van der Waals surface area contributed by atoms with Gasteiger partial charge in [0.15, 0.2) is 0 Å². The minimum absolute atomic E-state index is 0.264. The molecule has 0 amide bonds. The molecule has 2 aromatic heterocycles. The summed E-state index contributed by atoms with van der Waals surface area (Å²) in [6.45, 7) is 5.49. The minimum Gasteiger partial charge on any atom is -0.329 e. The molecule has 2 N–H and O–H groups in total. The van der Waals surface area contributed by atoms with Crippen LogP contribution in [0.1, 0.15) is 21.6 Å². The second-order valence-electron chi connectivity index (χ2n) is 4.72. The van der Waals surface area contributed by atoms with Crippen molar-refractivity contribution in [2.45, 2.75) is 26.1 Å². The van der Waals surface area contributed by atoms with Crippen LogP contribution in [0.15, 0.2) is 16.9 Å². The van der Waals surface area contributed by atoms with E-state index < -0.39 is 0 Å². The topological polar surface area (TPSA) is 60.0 Å². The number of thiophene rings is 1. The molecule has 3 rings (SSSR count). The van der Waals surface area contributed by atoms with Crippen molar-refractivity contribution in [3.63, 3.8) is 0 Å². The lowest BCUT2D eigenvalue weighted by Gasteiger charge is -2.33. The molecule has 0 bridgehead atoms. The van der Waals surface area contributed by atoms with Gasteiger partial charge in [-0.25, -0.2) is 0 Å². The molecule has 0 aromatic carbocycles. The van der Waals surface area contributed by atoms with Crippen LogP contribution < -0.4 is 5.73 Å². The van der Waals surface area contributed by atoms with Gasteiger partial charge in [-0.3, -0.25) is 4.90 Å². The highest BCUT2D eigenvalue weighted by molar-refractivity contribution is 9.10. The minimum atomic E-state index is 0.264. The Labute approximate surface area is 124 Å². The Morgan fingerprint density at radius 3 is 3.05 bits per heavy atom. The van der Waals surface area contributed by atoms with E-state index in [9.17, 15) is 0 Å². The molecule has 0 fully saturated rings. The van der Waals surface area contributed by atoms with Gasteiger partial charge in [0.1, 0.15) is 12.2 Å². The van der Waals surface area contributed by atoms with Crippen molar-refractivity contribution in [3.8, 4) is 0 Å². The fourth-order valence-electron chi connectivity index (χ4n) is 2.44. The lowest BCUT2D eigenvalue weighted by Crippen LogP contribution is -2.39. The predicted molar refractivity (Wildman–Crippen MR) is 79.0 cm³/mol. The van der Waals surface area contributed by atoms with Gasteiger partial charge < -0.3 is 10.3 Å². The fraction of sp³-hybridized carbons (Fsp3) is 0.500. The van der Waals surface area contributed by atoms with Gasteiger partial charge in [0, 0.05) is 33.9 Å². The van der Waals surface area contributed by atoms with Gasteiger partial charge in [-0.2, -0.15) is 0 Å². The zero-order chi connectivity index (χ0) is 13.4. The Balaban J connectivity index is 1.84. The number of fused-ring (bicyclic) bond motifs is 1. The quantitative estimate of drug-likeness (QED) is 0.926. The molecular formula is C12H16BrN5S. The van der Waals surface area contributed by atoms with Gasteiger partial charge in [0.2, 0.25) is 0 Å². The maximum absolute atomic E-state index is 6.00. The number of nitrogens with two attached hydrogens (primary N) is 1. The normalized spacial score (nSPS) is 17.4. The van der Waals surface area contributed by atoms with Crippen LogP contribution in [0.4, 0.5) is 0 Å². The highest BCUT2D eigenvalue weighted by Crippen LogP contribution is 2.34. The van der Waals surface area contributed by atoms with E-state index in [4.69, 9.17) is 5.73 Å². The molecule has 0 aliphatic carbocycles. The first-order chi connectivity index (χ1) is 9.19. The smallest absolute Gasteiger partial charge is 0.147 e. The molecule has 7 heteroatoms. The Kier molecular flexibility index (Phi) is 3.70. The van der Waals surface area contributed by atoms with Crippen LogP contribution >= 0.6 is 27.3 Å². The Hall–Kier alpha value is -0.760. The molecular weight excluding hydrogens is 326 g/mol. The third kappa shape index (κ3) is 2.47. The van der Waals surface area contributed by atoms with E-state index in [1.807, 2.05) is 11.3 Å². The number of nitrogens with zero attached hydrogens (tertiary/aromatic N) is 4. The Bertz CT molecular complexity index is 559. The summed E-state index contributed by atoms with van der Waals surface area (Å²) in [5, 5.41) is 8.13. The molecule has 1 atom stereocenters. The van der Waals surface area contributed by atoms with Gasteiger partial charge in [0.25, 0.3) is 0 Å². The SMILES string of the molecule is Cc1sc(C(CN)N2CCn3cnnc3C2)cc1Br. The summed E-state index contributed by atoms with van der Waals surface area (Å²) in [5.74, 6) is 1.03. The second-order valence-corrected chi connectivity index (χ2v) is 6.86. The first kappa shape index (κ1) is 13.2. The van der Waals surface area contributed by atoms with Gasteiger partial charge in [-0.1, -0.05) is 0 Å². The molecule has 0 spiro atoms. The van der Waals surface area contributed by atoms with E-state index in [2.05, 4.69) is 48.6 Å². The number of aryl methyl sites for hydroxylation is 1. The lowest BCUT2D eigenvalue weighted by molar-refractivity contribution is 0.158. The average Bonchev–Trinajstić information content (AvgIpc) is 2.98. The number of rotatable bonds is 3. The molecule has 1 aliphatic heterocycles. The average molecular weight is 342 g/mol. The van der Waals surface area contributed by atoms with Crippen molar-refractivity contribution in [2.24, 2.45) is 5.73 Å². The zero-order valence-corrected chi connectivity index (χ0v) is 13.1. The first-order valence-electron chi connectivity index (χ1n) is 6.25. The van der Waals surface area contributed by atoms with Crippen molar-refractivity contribution in [2.75, 3.05) is 13.1 Å². The zero-order valence-electron chi connectivity index (χ0n) is 10.7. The predicted octanol–water partition coefficient (Wildman–Crippen LogP) is 1.93. The summed E-state index contributed by atoms with van der Waals surface area (Å²) in [6, 6.07) is 2.46. The van der Waals surface area contributed by atoms with Crippen molar-refractivity contribution >= 4 is 27.3 Å². The van der Waals surface area contributed by atoms with Crippen molar-refractivity contribution in [1.82, 2.24) is 19.7 Å². The molecule has 0 radical (unpaired) electrons. The van der Waals surface area contributed by atoms with Gasteiger partial charge in [0.05, 0.1) is 12.6 Å². The standard InChI is InChI=1S/C12H16BrN5S/c1-8-9(13)4-11(19-8)10(5-14)17-2-3-18-7-15-16-12(18)6-17/h4,7,10H,2-3,5-6,14H2,1H3. The van der Waals surface area contributed by atoms with Crippen LogP contribution in [0.2, 0.25) is 0 Å². The fourth-order valence-corrected chi connectivity index (χ4v) is 4.15. The van der Waals surface area contributed by atoms with Crippen LogP contribution in [-0.2, 0) is 13.1 Å². The van der Waals surface area contributed by atoms with E-state index in [1.165, 1.54) is 14.2 Å². The molecule has 1 aliphatic rings. The number of hydrogen-bond acceptors (Lipinski definition) is 5. The van der Waals surface area contributed by atoms with Crippen LogP contribution in [0.25, 0.3) is 0 Å². The van der Waals surface area contributed by atoms with Crippen LogP contribution in [0, 0.1) is 6.92 Å². The molecule has 3 heterocycles. The summed E-state index contributed by atoms with van der Waals surface area (Å²) in [4.78, 5) is 5.01. The van der Waals surface area contributed by atoms with Crippen molar-refractivity contribution < 1.29 is 0 Å². The molecule has 102 valence electrons. The van der Waals surface area contributed by atoms with Crippen molar-refractivity contribution in [3.05, 3.63) is 32.4 Å². The molecule has 2 aromatic rings. The van der Waals surface area contributed by atoms with Crippen LogP contribution in [0.5, 0.6) is 0 Å². The maximum atomic E-state index is 6.00. The summed E-state index contributed by atoms with van der Waals surface area (Å²) < 4.78 is 3.28. The summed E-state index contributed by atoms with van der Waals surface area (Å²) >= 11 is 5.39. The monoisotopic (exact) mass is 341 g/mol. The van der Waals surface area contributed by atoms with Gasteiger partial charge >= 0.3 is 0 Å². The first-order valence-corrected chi connectivity index (χ1v) is 7.86. The molecule has 5 nitrogen and oxygen atoms in total. The molecule has 0 saturated heterocycles. The molecule has 1 unspecified atom stereocenters. The van der Waals surface area contributed by atoms with E-state index in [-0.39, 0.29) is 6.04 Å². The Morgan fingerprint density at radius 2 is 2.37 bits per heavy atom. The third-order valence-electron chi connectivity index (χ3n) is 3.54. The summed E-state index contributed by atoms with van der Waals surface area (Å²) in [5.41, 5.74) is 6.00. The third-order valence-corrected chi connectivity index (χ3v) is 5.77. The highest BCUT2D eigenvalue weighted by Gasteiger charge is 2.26. The van der Waals surface area contributed by atoms with E-state index in [0.717, 1.165) is 25.5 Å². The van der Waals surface area contributed by atoms with Crippen LogP contribution in [0.3, 0.4) is 0 Å². The summed E-state index contributed by atoms with van der Waals surface area (Å²) in [6.07, 6.45) is 1.80. The van der Waals surface area contributed by atoms with E-state index in [0.29, 0.717) is 6.54 Å². The Morgan fingerprint density at radius 1 is 1.53 bits per heavy atom. The number of hydrogen-bond donors (Lipinski definition) is 1. The highest BCUT2D eigenvalue weighted by atomic mass is 79.9. The second kappa shape index (κ2) is 5.32. The maximum Gasteiger partial charge on any atom is 0.147 e. The van der Waals surface area contributed by atoms with Gasteiger partial charge in [-0.05, 0) is 28.9 Å². The lowest BCUT2D eigenvalue weighted by atomic mass is 10.2. The van der Waals surface area contributed by atoms with Crippen molar-refractivity contribution in [1.29, 1.82) is 0 Å². The number of halogens is 1. The molecule has 0 saturated carbocycles. The molecule has 19 heavy (non-hydrogen) atoms. The van der Waals surface area contributed by atoms with E-state index in [1.54, 1.807) is 6.33 Å². The largest absolute Gasteiger partial charge is 0.329 e.